The summed E-state index contributed by atoms with van der Waals surface area (Å²) in [6, 6.07) is 16.2. The lowest BCUT2D eigenvalue weighted by atomic mass is 10.1. The van der Waals surface area contributed by atoms with Crippen LogP contribution in [0.5, 0.6) is 0 Å². The number of pyridine rings is 1. The molecule has 0 unspecified atom stereocenters. The first-order valence-corrected chi connectivity index (χ1v) is 8.35. The van der Waals surface area contributed by atoms with Crippen molar-refractivity contribution in [1.82, 2.24) is 4.98 Å². The number of carbonyl (C=O) groups excluding carboxylic acids is 2. The number of hydrogen-bond acceptors (Lipinski definition) is 5. The lowest BCUT2D eigenvalue weighted by molar-refractivity contribution is 0.0601. The van der Waals surface area contributed by atoms with Crippen molar-refractivity contribution in [2.45, 2.75) is 6.92 Å². The van der Waals surface area contributed by atoms with Crippen molar-refractivity contribution in [3.63, 3.8) is 0 Å². The molecule has 3 aromatic rings. The van der Waals surface area contributed by atoms with Gasteiger partial charge in [0.25, 0.3) is 5.91 Å². The summed E-state index contributed by atoms with van der Waals surface area (Å²) in [4.78, 5) is 28.6. The Balaban J connectivity index is 1.81. The molecule has 0 aliphatic rings. The van der Waals surface area contributed by atoms with Gasteiger partial charge in [0, 0.05) is 11.9 Å². The number of aromatic nitrogens is 1. The van der Waals surface area contributed by atoms with Gasteiger partial charge >= 0.3 is 5.97 Å². The van der Waals surface area contributed by atoms with Crippen LogP contribution < -0.4 is 10.6 Å². The second-order valence-corrected chi connectivity index (χ2v) is 5.89. The molecule has 6 heteroatoms. The molecule has 0 aliphatic carbocycles. The Morgan fingerprint density at radius 1 is 0.963 bits per heavy atom. The van der Waals surface area contributed by atoms with E-state index in [1.807, 2.05) is 31.2 Å². The number of carbonyl (C=O) groups is 2. The van der Waals surface area contributed by atoms with Gasteiger partial charge in [-0.05, 0) is 36.8 Å². The van der Waals surface area contributed by atoms with Gasteiger partial charge in [0.05, 0.1) is 35.8 Å². The molecule has 1 amide bonds. The highest BCUT2D eigenvalue weighted by atomic mass is 16.5. The molecule has 0 saturated carbocycles. The van der Waals surface area contributed by atoms with Crippen LogP contribution in [-0.4, -0.2) is 24.0 Å². The molecule has 1 heterocycles. The number of anilines is 3. The molecule has 6 nitrogen and oxygen atoms in total. The number of nitrogens with zero attached hydrogens (tertiary/aromatic N) is 1. The van der Waals surface area contributed by atoms with Gasteiger partial charge in [-0.2, -0.15) is 0 Å². The second kappa shape index (κ2) is 8.14. The molecule has 2 N–H and O–H groups in total. The number of methoxy groups -OCH3 is 1. The summed E-state index contributed by atoms with van der Waals surface area (Å²) < 4.78 is 4.80. The van der Waals surface area contributed by atoms with Crippen LogP contribution in [0.4, 0.5) is 17.1 Å². The van der Waals surface area contributed by atoms with E-state index >= 15 is 0 Å². The second-order valence-electron chi connectivity index (χ2n) is 5.89. The summed E-state index contributed by atoms with van der Waals surface area (Å²) in [5.74, 6) is -0.707. The van der Waals surface area contributed by atoms with Crippen molar-refractivity contribution in [3.05, 3.63) is 83.7 Å². The number of esters is 1. The zero-order valence-corrected chi connectivity index (χ0v) is 15.0. The number of ether oxygens (including phenoxy) is 1. The first kappa shape index (κ1) is 18.1. The van der Waals surface area contributed by atoms with E-state index < -0.39 is 5.97 Å². The molecule has 0 fully saturated rings. The molecule has 3 rings (SSSR count). The maximum atomic E-state index is 12.5. The molecule has 27 heavy (non-hydrogen) atoms. The Morgan fingerprint density at radius 2 is 1.67 bits per heavy atom. The zero-order chi connectivity index (χ0) is 19.2. The normalized spacial score (nSPS) is 10.1. The maximum Gasteiger partial charge on any atom is 0.339 e. The van der Waals surface area contributed by atoms with Gasteiger partial charge in [-0.3, -0.25) is 9.78 Å². The monoisotopic (exact) mass is 361 g/mol. The average molecular weight is 361 g/mol. The minimum atomic E-state index is -0.445. The van der Waals surface area contributed by atoms with Crippen LogP contribution in [0.15, 0.2) is 67.0 Å². The van der Waals surface area contributed by atoms with Gasteiger partial charge < -0.3 is 15.4 Å². The van der Waals surface area contributed by atoms with E-state index in [0.29, 0.717) is 22.5 Å². The van der Waals surface area contributed by atoms with Crippen LogP contribution >= 0.6 is 0 Å². The number of nitrogens with one attached hydrogen (secondary N) is 2. The Labute approximate surface area is 157 Å². The van der Waals surface area contributed by atoms with Crippen LogP contribution in [0.3, 0.4) is 0 Å². The van der Waals surface area contributed by atoms with Gasteiger partial charge in [-0.25, -0.2) is 4.79 Å². The summed E-state index contributed by atoms with van der Waals surface area (Å²) in [6.45, 7) is 1.93. The van der Waals surface area contributed by atoms with Crippen LogP contribution in [0, 0.1) is 6.92 Å². The minimum Gasteiger partial charge on any atom is -0.465 e. The first-order chi connectivity index (χ1) is 13.1. The molecule has 0 saturated heterocycles. The third-order valence-electron chi connectivity index (χ3n) is 4.01. The fourth-order valence-corrected chi connectivity index (χ4v) is 2.58. The molecule has 1 aromatic heterocycles. The Bertz CT molecular complexity index is 986. The summed E-state index contributed by atoms with van der Waals surface area (Å²) in [5, 5.41) is 5.99. The first-order valence-electron chi connectivity index (χ1n) is 8.35. The summed E-state index contributed by atoms with van der Waals surface area (Å²) in [7, 11) is 1.33. The van der Waals surface area contributed by atoms with Crippen molar-refractivity contribution in [3.8, 4) is 0 Å². The predicted octanol–water partition coefficient (Wildman–Crippen LogP) is 4.17. The van der Waals surface area contributed by atoms with Crippen molar-refractivity contribution in [1.29, 1.82) is 0 Å². The quantitative estimate of drug-likeness (QED) is 0.667. The highest BCUT2D eigenvalue weighted by Crippen LogP contribution is 2.22. The Hall–Kier alpha value is -3.67. The number of benzene rings is 2. The van der Waals surface area contributed by atoms with Gasteiger partial charge in [-0.15, -0.1) is 0 Å². The molecule has 136 valence electrons. The third-order valence-corrected chi connectivity index (χ3v) is 4.01. The van der Waals surface area contributed by atoms with E-state index in [9.17, 15) is 9.59 Å². The molecule has 2 aromatic carbocycles. The van der Waals surface area contributed by atoms with Crippen molar-refractivity contribution < 1.29 is 14.3 Å². The van der Waals surface area contributed by atoms with Crippen LogP contribution in [0.25, 0.3) is 0 Å². The number of para-hydroxylation sites is 2. The SMILES string of the molecule is COC(=O)c1ccccc1Nc1cncc(C(=O)Nc2ccccc2C)c1. The minimum absolute atomic E-state index is 0.262. The molecular formula is C21H19N3O3. The largest absolute Gasteiger partial charge is 0.465 e. The molecule has 0 radical (unpaired) electrons. The topological polar surface area (TPSA) is 80.3 Å². The zero-order valence-electron chi connectivity index (χ0n) is 15.0. The van der Waals surface area contributed by atoms with Crippen LogP contribution in [-0.2, 0) is 4.74 Å². The number of amides is 1. The molecular weight excluding hydrogens is 342 g/mol. The average Bonchev–Trinajstić information content (AvgIpc) is 2.70. The maximum absolute atomic E-state index is 12.5. The molecule has 0 aliphatic heterocycles. The lowest BCUT2D eigenvalue weighted by Gasteiger charge is -2.12. The fraction of sp³-hybridized carbons (Fsp3) is 0.0952. The number of hydrogen-bond donors (Lipinski definition) is 2. The number of aryl methyl sites for hydroxylation is 1. The highest BCUT2D eigenvalue weighted by molar-refractivity contribution is 6.05. The summed E-state index contributed by atoms with van der Waals surface area (Å²) in [6.07, 6.45) is 3.07. The van der Waals surface area contributed by atoms with Gasteiger partial charge in [0.15, 0.2) is 0 Å². The molecule has 0 bridgehead atoms. The van der Waals surface area contributed by atoms with Gasteiger partial charge in [0.2, 0.25) is 0 Å². The van der Waals surface area contributed by atoms with E-state index in [1.54, 1.807) is 36.5 Å². The van der Waals surface area contributed by atoms with E-state index in [4.69, 9.17) is 4.74 Å². The standard InChI is InChI=1S/C21H19N3O3/c1-14-7-3-5-9-18(14)24-20(25)15-11-16(13-22-12-15)23-19-10-6-4-8-17(19)21(26)27-2/h3-13,23H,1-2H3,(H,24,25). The molecule has 0 spiro atoms. The van der Waals surface area contributed by atoms with E-state index in [0.717, 1.165) is 11.3 Å². The van der Waals surface area contributed by atoms with E-state index in [-0.39, 0.29) is 5.91 Å². The summed E-state index contributed by atoms with van der Waals surface area (Å²) >= 11 is 0. The van der Waals surface area contributed by atoms with Gasteiger partial charge in [0.1, 0.15) is 0 Å². The molecule has 0 atom stereocenters. The van der Waals surface area contributed by atoms with Crippen molar-refractivity contribution in [2.24, 2.45) is 0 Å². The number of rotatable bonds is 5. The van der Waals surface area contributed by atoms with E-state index in [2.05, 4.69) is 15.6 Å². The fourth-order valence-electron chi connectivity index (χ4n) is 2.58. The van der Waals surface area contributed by atoms with Crippen molar-refractivity contribution in [2.75, 3.05) is 17.7 Å². The smallest absolute Gasteiger partial charge is 0.339 e. The third kappa shape index (κ3) is 4.30. The van der Waals surface area contributed by atoms with E-state index in [1.165, 1.54) is 13.3 Å². The Morgan fingerprint density at radius 3 is 2.41 bits per heavy atom. The summed E-state index contributed by atoms with van der Waals surface area (Å²) in [5.41, 5.74) is 3.68. The lowest BCUT2D eigenvalue weighted by Crippen LogP contribution is -2.13. The predicted molar refractivity (Wildman–Crippen MR) is 104 cm³/mol. The van der Waals surface area contributed by atoms with Crippen LogP contribution in [0.2, 0.25) is 0 Å². The Kier molecular flexibility index (Phi) is 5.47. The van der Waals surface area contributed by atoms with Crippen molar-refractivity contribution >= 4 is 28.9 Å². The van der Waals surface area contributed by atoms with Crippen LogP contribution in [0.1, 0.15) is 26.3 Å². The van der Waals surface area contributed by atoms with Gasteiger partial charge in [-0.1, -0.05) is 30.3 Å². The highest BCUT2D eigenvalue weighted by Gasteiger charge is 2.13.